The van der Waals surface area contributed by atoms with E-state index in [1.54, 1.807) is 0 Å². The molecule has 1 fully saturated rings. The van der Waals surface area contributed by atoms with Gasteiger partial charge >= 0.3 is 0 Å². The summed E-state index contributed by atoms with van der Waals surface area (Å²) in [5.74, 6) is 0.522. The van der Waals surface area contributed by atoms with Gasteiger partial charge in [-0.2, -0.15) is 0 Å². The van der Waals surface area contributed by atoms with Crippen molar-refractivity contribution >= 4 is 5.91 Å². The SMILES string of the molecule is NC(=O)C1(NCC2CC2)CCCCc2ccccc21. The molecule has 102 valence electrons. The number of amides is 1. The van der Waals surface area contributed by atoms with Crippen LogP contribution >= 0.6 is 0 Å². The second kappa shape index (κ2) is 4.97. The standard InChI is InChI=1S/C16H22N2O/c17-15(19)16(18-11-12-8-9-12)10-4-3-6-13-5-1-2-7-14(13)16/h1-2,5,7,12,18H,3-4,6,8-11H2,(H2,17,19). The first-order chi connectivity index (χ1) is 9.22. The van der Waals surface area contributed by atoms with Crippen molar-refractivity contribution in [1.29, 1.82) is 0 Å². The van der Waals surface area contributed by atoms with E-state index in [0.29, 0.717) is 0 Å². The molecule has 1 aromatic rings. The van der Waals surface area contributed by atoms with E-state index in [0.717, 1.165) is 43.7 Å². The molecule has 3 rings (SSSR count). The van der Waals surface area contributed by atoms with Gasteiger partial charge in [0.15, 0.2) is 0 Å². The molecular weight excluding hydrogens is 236 g/mol. The first kappa shape index (κ1) is 12.7. The summed E-state index contributed by atoms with van der Waals surface area (Å²) in [6.07, 6.45) is 6.63. The molecule has 2 aliphatic carbocycles. The number of rotatable bonds is 4. The molecule has 0 radical (unpaired) electrons. The van der Waals surface area contributed by atoms with E-state index >= 15 is 0 Å². The number of benzene rings is 1. The fourth-order valence-corrected chi connectivity index (χ4v) is 3.16. The summed E-state index contributed by atoms with van der Waals surface area (Å²) < 4.78 is 0. The zero-order chi connectivity index (χ0) is 13.3. The molecule has 0 heterocycles. The van der Waals surface area contributed by atoms with Crippen LogP contribution in [0.5, 0.6) is 0 Å². The first-order valence-corrected chi connectivity index (χ1v) is 7.36. The zero-order valence-electron chi connectivity index (χ0n) is 11.3. The van der Waals surface area contributed by atoms with E-state index in [4.69, 9.17) is 5.73 Å². The number of fused-ring (bicyclic) bond motifs is 1. The number of nitrogens with one attached hydrogen (secondary N) is 1. The number of hydrogen-bond acceptors (Lipinski definition) is 2. The summed E-state index contributed by atoms with van der Waals surface area (Å²) in [6, 6.07) is 8.28. The third kappa shape index (κ3) is 2.39. The van der Waals surface area contributed by atoms with Crippen molar-refractivity contribution in [3.63, 3.8) is 0 Å². The van der Waals surface area contributed by atoms with Gasteiger partial charge in [-0.05, 0) is 55.7 Å². The summed E-state index contributed by atoms with van der Waals surface area (Å²) in [4.78, 5) is 12.2. The Hall–Kier alpha value is -1.35. The summed E-state index contributed by atoms with van der Waals surface area (Å²) in [6.45, 7) is 0.914. The Kier molecular flexibility index (Phi) is 3.31. The highest BCUT2D eigenvalue weighted by Crippen LogP contribution is 2.36. The van der Waals surface area contributed by atoms with Crippen LogP contribution in [0.25, 0.3) is 0 Å². The van der Waals surface area contributed by atoms with Crippen LogP contribution < -0.4 is 11.1 Å². The zero-order valence-corrected chi connectivity index (χ0v) is 11.3. The number of hydrogen-bond donors (Lipinski definition) is 2. The molecule has 0 aliphatic heterocycles. The van der Waals surface area contributed by atoms with E-state index < -0.39 is 5.54 Å². The predicted octanol–water partition coefficient (Wildman–Crippen LogP) is 2.09. The summed E-state index contributed by atoms with van der Waals surface area (Å²) in [5, 5.41) is 3.52. The number of carbonyl (C=O) groups excluding carboxylic acids is 1. The third-order valence-electron chi connectivity index (χ3n) is 4.54. The highest BCUT2D eigenvalue weighted by Gasteiger charge is 2.41. The Morgan fingerprint density at radius 3 is 2.84 bits per heavy atom. The van der Waals surface area contributed by atoms with Gasteiger partial charge in [-0.1, -0.05) is 30.7 Å². The molecule has 19 heavy (non-hydrogen) atoms. The second-order valence-corrected chi connectivity index (χ2v) is 5.96. The Morgan fingerprint density at radius 1 is 1.32 bits per heavy atom. The number of aryl methyl sites for hydroxylation is 1. The van der Waals surface area contributed by atoms with Crippen LogP contribution in [0.3, 0.4) is 0 Å². The highest BCUT2D eigenvalue weighted by atomic mass is 16.1. The molecule has 0 aromatic heterocycles. The van der Waals surface area contributed by atoms with E-state index in [-0.39, 0.29) is 5.91 Å². The Labute approximate surface area is 114 Å². The Balaban J connectivity index is 1.98. The lowest BCUT2D eigenvalue weighted by molar-refractivity contribution is -0.125. The summed E-state index contributed by atoms with van der Waals surface area (Å²) in [7, 11) is 0. The van der Waals surface area contributed by atoms with Crippen LogP contribution in [0.2, 0.25) is 0 Å². The molecule has 2 aliphatic rings. The van der Waals surface area contributed by atoms with E-state index in [1.807, 2.05) is 6.07 Å². The lowest BCUT2D eigenvalue weighted by Crippen LogP contribution is -2.53. The average molecular weight is 258 g/mol. The van der Waals surface area contributed by atoms with E-state index in [1.165, 1.54) is 18.4 Å². The topological polar surface area (TPSA) is 55.1 Å². The molecule has 1 unspecified atom stereocenters. The van der Waals surface area contributed by atoms with Crippen LogP contribution in [0.4, 0.5) is 0 Å². The van der Waals surface area contributed by atoms with E-state index in [2.05, 4.69) is 23.5 Å². The number of primary amides is 1. The minimum absolute atomic E-state index is 0.220. The van der Waals surface area contributed by atoms with Gasteiger partial charge in [0.25, 0.3) is 0 Å². The van der Waals surface area contributed by atoms with Crippen molar-refractivity contribution in [1.82, 2.24) is 5.32 Å². The summed E-state index contributed by atoms with van der Waals surface area (Å²) >= 11 is 0. The fraction of sp³-hybridized carbons (Fsp3) is 0.562. The lowest BCUT2D eigenvalue weighted by Gasteiger charge is -2.32. The second-order valence-electron chi connectivity index (χ2n) is 5.96. The van der Waals surface area contributed by atoms with Gasteiger partial charge in [0.05, 0.1) is 0 Å². The van der Waals surface area contributed by atoms with Gasteiger partial charge in [-0.3, -0.25) is 10.1 Å². The van der Waals surface area contributed by atoms with Crippen LogP contribution in [0.1, 0.15) is 43.2 Å². The van der Waals surface area contributed by atoms with Gasteiger partial charge in [-0.15, -0.1) is 0 Å². The number of carbonyl (C=O) groups is 1. The Morgan fingerprint density at radius 2 is 2.11 bits per heavy atom. The maximum absolute atomic E-state index is 12.2. The first-order valence-electron chi connectivity index (χ1n) is 7.36. The van der Waals surface area contributed by atoms with Crippen molar-refractivity contribution in [2.75, 3.05) is 6.54 Å². The molecule has 1 aromatic carbocycles. The number of nitrogens with two attached hydrogens (primary N) is 1. The van der Waals surface area contributed by atoms with Gasteiger partial charge < -0.3 is 5.73 Å². The Bertz CT molecular complexity index is 481. The monoisotopic (exact) mass is 258 g/mol. The summed E-state index contributed by atoms with van der Waals surface area (Å²) in [5.41, 5.74) is 7.54. The molecule has 0 saturated heterocycles. The molecule has 3 N–H and O–H groups in total. The molecule has 3 nitrogen and oxygen atoms in total. The molecule has 1 saturated carbocycles. The molecule has 1 amide bonds. The van der Waals surface area contributed by atoms with E-state index in [9.17, 15) is 4.79 Å². The van der Waals surface area contributed by atoms with Crippen LogP contribution in [0, 0.1) is 5.92 Å². The van der Waals surface area contributed by atoms with Crippen LogP contribution in [0.15, 0.2) is 24.3 Å². The predicted molar refractivity (Wildman–Crippen MR) is 75.6 cm³/mol. The van der Waals surface area contributed by atoms with Crippen LogP contribution in [-0.4, -0.2) is 12.5 Å². The molecule has 0 spiro atoms. The van der Waals surface area contributed by atoms with Crippen LogP contribution in [-0.2, 0) is 16.8 Å². The van der Waals surface area contributed by atoms with Gasteiger partial charge in [0, 0.05) is 0 Å². The van der Waals surface area contributed by atoms with Crippen molar-refractivity contribution in [2.45, 2.75) is 44.1 Å². The normalized spacial score (nSPS) is 26.5. The lowest BCUT2D eigenvalue weighted by atomic mass is 9.83. The van der Waals surface area contributed by atoms with Gasteiger partial charge in [0.2, 0.25) is 5.91 Å². The van der Waals surface area contributed by atoms with Gasteiger partial charge in [0.1, 0.15) is 5.54 Å². The molecular formula is C16H22N2O. The average Bonchev–Trinajstić information content (AvgIpc) is 3.23. The third-order valence-corrected chi connectivity index (χ3v) is 4.54. The highest BCUT2D eigenvalue weighted by molar-refractivity contribution is 5.86. The molecule has 3 heteroatoms. The van der Waals surface area contributed by atoms with Gasteiger partial charge in [-0.25, -0.2) is 0 Å². The maximum atomic E-state index is 12.2. The molecule has 1 atom stereocenters. The van der Waals surface area contributed by atoms with Crippen molar-refractivity contribution < 1.29 is 4.79 Å². The van der Waals surface area contributed by atoms with Crippen molar-refractivity contribution in [3.8, 4) is 0 Å². The fourth-order valence-electron chi connectivity index (χ4n) is 3.16. The molecule has 0 bridgehead atoms. The smallest absolute Gasteiger partial charge is 0.242 e. The van der Waals surface area contributed by atoms with Crippen molar-refractivity contribution in [3.05, 3.63) is 35.4 Å². The minimum Gasteiger partial charge on any atom is -0.368 e. The largest absolute Gasteiger partial charge is 0.368 e. The minimum atomic E-state index is -0.643. The maximum Gasteiger partial charge on any atom is 0.242 e. The van der Waals surface area contributed by atoms with Crippen molar-refractivity contribution in [2.24, 2.45) is 11.7 Å². The quantitative estimate of drug-likeness (QED) is 0.813.